The molecule has 1 aliphatic rings. The van der Waals surface area contributed by atoms with Gasteiger partial charge in [-0.15, -0.1) is 11.3 Å². The van der Waals surface area contributed by atoms with Crippen LogP contribution in [0, 0.1) is 6.92 Å². The normalized spacial score (nSPS) is 19.5. The third kappa shape index (κ3) is 1.46. The van der Waals surface area contributed by atoms with Crippen molar-refractivity contribution in [1.82, 2.24) is 10.5 Å². The summed E-state index contributed by atoms with van der Waals surface area (Å²) in [6.07, 6.45) is 1.73. The molecule has 78 valence electrons. The molecule has 0 aliphatic carbocycles. The first-order valence-corrected chi connectivity index (χ1v) is 6.29. The van der Waals surface area contributed by atoms with E-state index in [2.05, 4.69) is 32.5 Å². The van der Waals surface area contributed by atoms with E-state index in [0.29, 0.717) is 0 Å². The summed E-state index contributed by atoms with van der Waals surface area (Å²) in [6.45, 7) is 2.90. The zero-order valence-electron chi connectivity index (χ0n) is 8.08. The van der Waals surface area contributed by atoms with Gasteiger partial charge >= 0.3 is 0 Å². The number of nitrogens with zero attached hydrogens (tertiary/aromatic N) is 1. The largest absolute Gasteiger partial charge is 0.364 e. The molecule has 3 nitrogen and oxygen atoms in total. The second-order valence-electron chi connectivity index (χ2n) is 3.61. The predicted molar refractivity (Wildman–Crippen MR) is 61.9 cm³/mol. The van der Waals surface area contributed by atoms with Gasteiger partial charge in [0.2, 0.25) is 0 Å². The Hall–Kier alpha value is -0.650. The molecule has 5 heteroatoms. The number of nitrogens with one attached hydrogen (secondary N) is 1. The maximum atomic E-state index is 4.98. The van der Waals surface area contributed by atoms with Crippen LogP contribution in [-0.2, 0) is 6.54 Å². The molecule has 0 aromatic carbocycles. The van der Waals surface area contributed by atoms with Gasteiger partial charge < -0.3 is 9.84 Å². The van der Waals surface area contributed by atoms with Gasteiger partial charge in [-0.3, -0.25) is 0 Å². The average molecular weight is 285 g/mol. The summed E-state index contributed by atoms with van der Waals surface area (Å²) in [5, 5.41) is 7.38. The van der Waals surface area contributed by atoms with E-state index in [1.165, 1.54) is 14.2 Å². The molecule has 0 fully saturated rings. The van der Waals surface area contributed by atoms with E-state index in [9.17, 15) is 0 Å². The fourth-order valence-corrected chi connectivity index (χ4v) is 3.72. The Morgan fingerprint density at radius 1 is 1.67 bits per heavy atom. The lowest BCUT2D eigenvalue weighted by Crippen LogP contribution is -2.13. The summed E-state index contributed by atoms with van der Waals surface area (Å²) in [5.41, 5.74) is 3.48. The van der Waals surface area contributed by atoms with Crippen LogP contribution in [0.1, 0.15) is 27.7 Å². The van der Waals surface area contributed by atoms with Gasteiger partial charge in [-0.2, -0.15) is 0 Å². The van der Waals surface area contributed by atoms with Crippen molar-refractivity contribution in [3.05, 3.63) is 37.8 Å². The Bertz CT molecular complexity index is 505. The Labute approximate surface area is 99.6 Å². The van der Waals surface area contributed by atoms with Crippen LogP contribution >= 0.6 is 27.3 Å². The Morgan fingerprint density at radius 2 is 2.53 bits per heavy atom. The van der Waals surface area contributed by atoms with Gasteiger partial charge in [0.1, 0.15) is 6.26 Å². The van der Waals surface area contributed by atoms with E-state index >= 15 is 0 Å². The van der Waals surface area contributed by atoms with E-state index in [-0.39, 0.29) is 6.04 Å². The zero-order valence-corrected chi connectivity index (χ0v) is 10.5. The maximum absolute atomic E-state index is 4.98. The summed E-state index contributed by atoms with van der Waals surface area (Å²) >= 11 is 5.30. The molecule has 0 amide bonds. The van der Waals surface area contributed by atoms with Crippen LogP contribution in [0.25, 0.3) is 0 Å². The molecule has 1 N–H and O–H groups in total. The van der Waals surface area contributed by atoms with Gasteiger partial charge in [-0.25, -0.2) is 0 Å². The van der Waals surface area contributed by atoms with Crippen LogP contribution in [0.15, 0.2) is 20.6 Å². The minimum Gasteiger partial charge on any atom is -0.364 e. The van der Waals surface area contributed by atoms with Crippen molar-refractivity contribution in [3.63, 3.8) is 0 Å². The molecule has 1 aliphatic heterocycles. The number of fused-ring (bicyclic) bond motifs is 1. The quantitative estimate of drug-likeness (QED) is 0.875. The highest BCUT2D eigenvalue weighted by Crippen LogP contribution is 2.39. The molecule has 2 aromatic rings. The number of aryl methyl sites for hydroxylation is 1. The highest BCUT2D eigenvalue weighted by molar-refractivity contribution is 9.11. The number of halogens is 1. The number of hydrogen-bond donors (Lipinski definition) is 1. The summed E-state index contributed by atoms with van der Waals surface area (Å²) in [4.78, 5) is 1.37. The third-order valence-electron chi connectivity index (χ3n) is 2.67. The molecule has 0 saturated heterocycles. The van der Waals surface area contributed by atoms with Crippen molar-refractivity contribution < 1.29 is 4.52 Å². The summed E-state index contributed by atoms with van der Waals surface area (Å²) in [7, 11) is 0. The van der Waals surface area contributed by atoms with E-state index in [1.807, 2.05) is 6.92 Å². The van der Waals surface area contributed by atoms with E-state index in [4.69, 9.17) is 4.52 Å². The van der Waals surface area contributed by atoms with Crippen LogP contribution in [0.4, 0.5) is 0 Å². The predicted octanol–water partition coefficient (Wildman–Crippen LogP) is 3.00. The minimum absolute atomic E-state index is 0.252. The monoisotopic (exact) mass is 284 g/mol. The van der Waals surface area contributed by atoms with Gasteiger partial charge in [-0.05, 0) is 34.5 Å². The third-order valence-corrected chi connectivity index (χ3v) is 4.41. The number of rotatable bonds is 1. The van der Waals surface area contributed by atoms with E-state index < -0.39 is 0 Å². The lowest BCUT2D eigenvalue weighted by Gasteiger charge is -2.08. The van der Waals surface area contributed by atoms with Crippen LogP contribution in [0.2, 0.25) is 0 Å². The molecular weight excluding hydrogens is 276 g/mol. The van der Waals surface area contributed by atoms with Crippen LogP contribution in [0.3, 0.4) is 0 Å². The number of hydrogen-bond acceptors (Lipinski definition) is 4. The standard InChI is InChI=1S/C10H9BrN2OS/c1-5-7(4-14-13-5)9-10-6(3-12-9)2-8(11)15-10/h2,4,9,12H,3H2,1H3. The highest BCUT2D eigenvalue weighted by atomic mass is 79.9. The summed E-state index contributed by atoms with van der Waals surface area (Å²) in [5.74, 6) is 0. The summed E-state index contributed by atoms with van der Waals surface area (Å²) < 4.78 is 6.17. The molecule has 15 heavy (non-hydrogen) atoms. The lowest BCUT2D eigenvalue weighted by molar-refractivity contribution is 0.413. The molecule has 1 atom stereocenters. The molecule has 0 bridgehead atoms. The Balaban J connectivity index is 2.07. The lowest BCUT2D eigenvalue weighted by atomic mass is 10.1. The molecule has 3 heterocycles. The van der Waals surface area contributed by atoms with Crippen LogP contribution < -0.4 is 5.32 Å². The van der Waals surface area contributed by atoms with Gasteiger partial charge in [0, 0.05) is 17.0 Å². The molecule has 2 aromatic heterocycles. The second kappa shape index (κ2) is 3.43. The van der Waals surface area contributed by atoms with Crippen LogP contribution in [0.5, 0.6) is 0 Å². The Morgan fingerprint density at radius 3 is 3.27 bits per heavy atom. The van der Waals surface area contributed by atoms with Crippen molar-refractivity contribution in [2.75, 3.05) is 0 Å². The van der Waals surface area contributed by atoms with Crippen LogP contribution in [-0.4, -0.2) is 5.16 Å². The summed E-state index contributed by atoms with van der Waals surface area (Å²) in [6, 6.07) is 2.43. The van der Waals surface area contributed by atoms with E-state index in [0.717, 1.165) is 17.8 Å². The highest BCUT2D eigenvalue weighted by Gasteiger charge is 2.28. The smallest absolute Gasteiger partial charge is 0.129 e. The number of aromatic nitrogens is 1. The van der Waals surface area contributed by atoms with E-state index in [1.54, 1.807) is 17.6 Å². The molecular formula is C10H9BrN2OS. The first-order valence-electron chi connectivity index (χ1n) is 4.68. The van der Waals surface area contributed by atoms with Crippen molar-refractivity contribution >= 4 is 27.3 Å². The molecule has 0 saturated carbocycles. The first-order chi connectivity index (χ1) is 7.25. The SMILES string of the molecule is Cc1nocc1C1NCc2cc(Br)sc21. The van der Waals surface area contributed by atoms with Gasteiger partial charge in [-0.1, -0.05) is 5.16 Å². The fraction of sp³-hybridized carbons (Fsp3) is 0.300. The van der Waals surface area contributed by atoms with Crippen molar-refractivity contribution in [3.8, 4) is 0 Å². The zero-order chi connectivity index (χ0) is 10.4. The maximum Gasteiger partial charge on any atom is 0.129 e. The second-order valence-corrected chi connectivity index (χ2v) is 6.07. The van der Waals surface area contributed by atoms with Gasteiger partial charge in [0.15, 0.2) is 0 Å². The van der Waals surface area contributed by atoms with Crippen molar-refractivity contribution in [2.24, 2.45) is 0 Å². The van der Waals surface area contributed by atoms with Crippen molar-refractivity contribution in [1.29, 1.82) is 0 Å². The first kappa shape index (κ1) is 9.57. The van der Waals surface area contributed by atoms with Crippen molar-refractivity contribution in [2.45, 2.75) is 19.5 Å². The van der Waals surface area contributed by atoms with Gasteiger partial charge in [0.05, 0.1) is 15.5 Å². The fourth-order valence-electron chi connectivity index (χ4n) is 1.92. The topological polar surface area (TPSA) is 38.1 Å². The molecule has 0 radical (unpaired) electrons. The minimum atomic E-state index is 0.252. The Kier molecular flexibility index (Phi) is 2.19. The van der Waals surface area contributed by atoms with Gasteiger partial charge in [0.25, 0.3) is 0 Å². The molecule has 3 rings (SSSR count). The molecule has 0 spiro atoms. The molecule has 1 unspecified atom stereocenters. The number of thiophene rings is 1. The average Bonchev–Trinajstić information content (AvgIpc) is 2.81.